The van der Waals surface area contributed by atoms with Crippen molar-refractivity contribution in [3.63, 3.8) is 0 Å². The number of amides is 1. The van der Waals surface area contributed by atoms with Gasteiger partial charge in [0.15, 0.2) is 0 Å². The number of benzene rings is 1. The highest BCUT2D eigenvalue weighted by Crippen LogP contribution is 2.31. The van der Waals surface area contributed by atoms with Gasteiger partial charge in [-0.25, -0.2) is 4.98 Å². The molecule has 0 radical (unpaired) electrons. The van der Waals surface area contributed by atoms with E-state index in [1.54, 1.807) is 24.6 Å². The lowest BCUT2D eigenvalue weighted by Gasteiger charge is -2.26. The number of ether oxygens (including phenoxy) is 1. The van der Waals surface area contributed by atoms with Crippen LogP contribution in [-0.4, -0.2) is 24.5 Å². The molecule has 5 heteroatoms. The van der Waals surface area contributed by atoms with E-state index in [9.17, 15) is 4.79 Å². The third-order valence-corrected chi connectivity index (χ3v) is 4.30. The molecule has 4 nitrogen and oxygen atoms in total. The topological polar surface area (TPSA) is 51.2 Å². The zero-order valence-electron chi connectivity index (χ0n) is 12.6. The van der Waals surface area contributed by atoms with E-state index in [1.807, 2.05) is 43.5 Å². The first kappa shape index (κ1) is 15.5. The molecule has 0 atom stereocenters. The quantitative estimate of drug-likeness (QED) is 0.893. The van der Waals surface area contributed by atoms with Crippen LogP contribution in [0.3, 0.4) is 0 Å². The SMILES string of the molecule is COc1ccccc1C(C)(C)C(=O)NCCc1nccs1. The molecule has 0 spiro atoms. The zero-order valence-corrected chi connectivity index (χ0v) is 13.4. The van der Waals surface area contributed by atoms with Gasteiger partial charge in [0.1, 0.15) is 5.75 Å². The van der Waals surface area contributed by atoms with Crippen LogP contribution in [0.4, 0.5) is 0 Å². The molecule has 0 bridgehead atoms. The van der Waals surface area contributed by atoms with Gasteiger partial charge in [-0.05, 0) is 19.9 Å². The second-order valence-electron chi connectivity index (χ2n) is 5.26. The van der Waals surface area contributed by atoms with Crippen LogP contribution in [-0.2, 0) is 16.6 Å². The van der Waals surface area contributed by atoms with Gasteiger partial charge in [0.05, 0.1) is 17.5 Å². The lowest BCUT2D eigenvalue weighted by atomic mass is 9.83. The van der Waals surface area contributed by atoms with Crippen LogP contribution < -0.4 is 10.1 Å². The molecule has 1 N–H and O–H groups in total. The van der Waals surface area contributed by atoms with E-state index in [0.29, 0.717) is 6.54 Å². The highest BCUT2D eigenvalue weighted by atomic mass is 32.1. The number of carbonyl (C=O) groups is 1. The minimum Gasteiger partial charge on any atom is -0.496 e. The predicted octanol–water partition coefficient (Wildman–Crippen LogP) is 2.79. The van der Waals surface area contributed by atoms with E-state index in [4.69, 9.17) is 4.74 Å². The monoisotopic (exact) mass is 304 g/mol. The van der Waals surface area contributed by atoms with Crippen molar-refractivity contribution in [1.29, 1.82) is 0 Å². The molecule has 1 aromatic carbocycles. The first-order valence-corrected chi connectivity index (χ1v) is 7.74. The van der Waals surface area contributed by atoms with E-state index < -0.39 is 5.41 Å². The first-order chi connectivity index (χ1) is 10.1. The first-order valence-electron chi connectivity index (χ1n) is 6.86. The lowest BCUT2D eigenvalue weighted by Crippen LogP contribution is -2.41. The van der Waals surface area contributed by atoms with E-state index in [0.717, 1.165) is 22.7 Å². The van der Waals surface area contributed by atoms with Gasteiger partial charge < -0.3 is 10.1 Å². The maximum Gasteiger partial charge on any atom is 0.230 e. The predicted molar refractivity (Wildman–Crippen MR) is 84.8 cm³/mol. The van der Waals surface area contributed by atoms with Crippen molar-refractivity contribution in [3.8, 4) is 5.75 Å². The van der Waals surface area contributed by atoms with Gasteiger partial charge in [-0.1, -0.05) is 18.2 Å². The summed E-state index contributed by atoms with van der Waals surface area (Å²) in [5.74, 6) is 0.723. The normalized spacial score (nSPS) is 11.2. The maximum atomic E-state index is 12.5. The van der Waals surface area contributed by atoms with Crippen LogP contribution in [0.15, 0.2) is 35.8 Å². The number of para-hydroxylation sites is 1. The number of nitrogens with one attached hydrogen (secondary N) is 1. The molecule has 21 heavy (non-hydrogen) atoms. The van der Waals surface area contributed by atoms with Gasteiger partial charge in [-0.3, -0.25) is 4.79 Å². The molecular formula is C16H20N2O2S. The Balaban J connectivity index is 2.02. The molecule has 0 saturated heterocycles. The average Bonchev–Trinajstić information content (AvgIpc) is 3.00. The summed E-state index contributed by atoms with van der Waals surface area (Å²) >= 11 is 1.60. The molecule has 2 aromatic rings. The molecule has 0 aliphatic rings. The smallest absolute Gasteiger partial charge is 0.230 e. The van der Waals surface area contributed by atoms with E-state index in [1.165, 1.54) is 0 Å². The van der Waals surface area contributed by atoms with E-state index in [-0.39, 0.29) is 5.91 Å². The molecule has 112 valence electrons. The molecule has 0 fully saturated rings. The molecule has 0 saturated carbocycles. The van der Waals surface area contributed by atoms with Crippen LogP contribution in [0.2, 0.25) is 0 Å². The summed E-state index contributed by atoms with van der Waals surface area (Å²) in [5, 5.41) is 5.96. The van der Waals surface area contributed by atoms with Gasteiger partial charge in [0.25, 0.3) is 0 Å². The fourth-order valence-electron chi connectivity index (χ4n) is 2.16. The van der Waals surface area contributed by atoms with Gasteiger partial charge in [-0.2, -0.15) is 0 Å². The molecular weight excluding hydrogens is 284 g/mol. The number of carbonyl (C=O) groups excluding carboxylic acids is 1. The zero-order chi connectivity index (χ0) is 15.3. The van der Waals surface area contributed by atoms with Crippen LogP contribution in [0.25, 0.3) is 0 Å². The number of hydrogen-bond donors (Lipinski definition) is 1. The van der Waals surface area contributed by atoms with Crippen molar-refractivity contribution >= 4 is 17.2 Å². The number of thiazole rings is 1. The molecule has 1 aromatic heterocycles. The fourth-order valence-corrected chi connectivity index (χ4v) is 2.78. The van der Waals surface area contributed by atoms with Crippen LogP contribution in [0.5, 0.6) is 5.75 Å². The summed E-state index contributed by atoms with van der Waals surface area (Å²) in [7, 11) is 1.62. The minimum absolute atomic E-state index is 0.0106. The highest BCUT2D eigenvalue weighted by molar-refractivity contribution is 7.09. The summed E-state index contributed by atoms with van der Waals surface area (Å²) in [5.41, 5.74) is 0.245. The lowest BCUT2D eigenvalue weighted by molar-refractivity contribution is -0.125. The van der Waals surface area contributed by atoms with Gasteiger partial charge >= 0.3 is 0 Å². The van der Waals surface area contributed by atoms with Crippen LogP contribution in [0.1, 0.15) is 24.4 Å². The molecule has 0 unspecified atom stereocenters. The standard InChI is InChI=1S/C16H20N2O2S/c1-16(2,12-6-4-5-7-13(12)20-3)15(19)18-9-8-14-17-10-11-21-14/h4-7,10-11H,8-9H2,1-3H3,(H,18,19). The number of nitrogens with zero attached hydrogens (tertiary/aromatic N) is 1. The Labute approximate surface area is 129 Å². The summed E-state index contributed by atoms with van der Waals surface area (Å²) in [6, 6.07) is 7.63. The number of hydrogen-bond acceptors (Lipinski definition) is 4. The van der Waals surface area contributed by atoms with E-state index in [2.05, 4.69) is 10.3 Å². The minimum atomic E-state index is -0.643. The molecule has 2 rings (SSSR count). The maximum absolute atomic E-state index is 12.5. The van der Waals surface area contributed by atoms with Crippen molar-refractivity contribution in [2.24, 2.45) is 0 Å². The number of methoxy groups -OCH3 is 1. The van der Waals surface area contributed by atoms with Gasteiger partial charge in [0.2, 0.25) is 5.91 Å². The van der Waals surface area contributed by atoms with Crippen molar-refractivity contribution in [1.82, 2.24) is 10.3 Å². The second-order valence-corrected chi connectivity index (χ2v) is 6.24. The second kappa shape index (κ2) is 6.72. The Kier molecular flexibility index (Phi) is 4.96. The van der Waals surface area contributed by atoms with Crippen LogP contribution >= 0.6 is 11.3 Å². The summed E-state index contributed by atoms with van der Waals surface area (Å²) in [6.07, 6.45) is 2.53. The largest absolute Gasteiger partial charge is 0.496 e. The van der Waals surface area contributed by atoms with Crippen molar-refractivity contribution in [2.45, 2.75) is 25.7 Å². The third-order valence-electron chi connectivity index (χ3n) is 3.46. The Morgan fingerprint density at radius 1 is 1.38 bits per heavy atom. The summed E-state index contributed by atoms with van der Waals surface area (Å²) in [6.45, 7) is 4.40. The van der Waals surface area contributed by atoms with Crippen LogP contribution in [0, 0.1) is 0 Å². The Hall–Kier alpha value is -1.88. The van der Waals surface area contributed by atoms with Crippen molar-refractivity contribution in [2.75, 3.05) is 13.7 Å². The number of rotatable bonds is 6. The summed E-state index contributed by atoms with van der Waals surface area (Å²) in [4.78, 5) is 16.7. The van der Waals surface area contributed by atoms with E-state index >= 15 is 0 Å². The Bertz CT molecular complexity index is 594. The molecule has 0 aliphatic carbocycles. The Morgan fingerprint density at radius 3 is 2.81 bits per heavy atom. The Morgan fingerprint density at radius 2 is 2.14 bits per heavy atom. The molecule has 1 heterocycles. The third kappa shape index (κ3) is 3.61. The van der Waals surface area contributed by atoms with Crippen molar-refractivity contribution < 1.29 is 9.53 Å². The van der Waals surface area contributed by atoms with Gasteiger partial charge in [-0.15, -0.1) is 11.3 Å². The molecule has 1 amide bonds. The number of aromatic nitrogens is 1. The van der Waals surface area contributed by atoms with Gasteiger partial charge in [0, 0.05) is 30.1 Å². The van der Waals surface area contributed by atoms with Crippen molar-refractivity contribution in [3.05, 3.63) is 46.4 Å². The fraction of sp³-hybridized carbons (Fsp3) is 0.375. The summed E-state index contributed by atoms with van der Waals surface area (Å²) < 4.78 is 5.36. The highest BCUT2D eigenvalue weighted by Gasteiger charge is 2.32. The average molecular weight is 304 g/mol. The molecule has 0 aliphatic heterocycles.